The molecule has 0 aromatic heterocycles. The van der Waals surface area contributed by atoms with Crippen molar-refractivity contribution < 1.29 is 56.2 Å². The molecule has 1 aliphatic heterocycles. The molecular formula is C49H90O12S. The number of ether oxygens (including phenoxy) is 4. The van der Waals surface area contributed by atoms with Crippen LogP contribution in [0, 0.1) is 0 Å². The number of aliphatic hydroxyl groups excluding tert-OH is 3. The third-order valence-corrected chi connectivity index (χ3v) is 11.7. The summed E-state index contributed by atoms with van der Waals surface area (Å²) >= 11 is 0. The summed E-state index contributed by atoms with van der Waals surface area (Å²) in [6.07, 6.45) is 38.9. The summed E-state index contributed by atoms with van der Waals surface area (Å²) in [6, 6.07) is 0. The van der Waals surface area contributed by atoms with Gasteiger partial charge in [-0.25, -0.2) is 4.18 Å². The van der Waals surface area contributed by atoms with E-state index in [1.54, 1.807) is 0 Å². The molecule has 4 N–H and O–H groups in total. The normalized spacial score (nSPS) is 20.3. The fourth-order valence-corrected chi connectivity index (χ4v) is 7.97. The Morgan fingerprint density at radius 3 is 1.58 bits per heavy atom. The SMILES string of the molecule is CCCCC/C=C\C/C=C\CCCCCCCCCCCCOCC(COC1OC(CO)C(O)C(OS(=O)(=O)O)C1O)OC(=O)CCCCCCC/C=C\CCCCCCCC. The van der Waals surface area contributed by atoms with E-state index in [2.05, 4.69) is 54.5 Å². The number of carbonyl (C=O) groups excluding carboxylic acids is 1. The molecule has 1 heterocycles. The van der Waals surface area contributed by atoms with E-state index in [4.69, 9.17) is 18.9 Å². The number of esters is 1. The topological polar surface area (TPSA) is 178 Å². The second-order valence-electron chi connectivity index (χ2n) is 17.0. The van der Waals surface area contributed by atoms with Crippen molar-refractivity contribution >= 4 is 16.4 Å². The summed E-state index contributed by atoms with van der Waals surface area (Å²) in [5.41, 5.74) is 0. The first-order valence-electron chi connectivity index (χ1n) is 24.7. The molecule has 364 valence electrons. The minimum atomic E-state index is -5.06. The molecule has 6 atom stereocenters. The second-order valence-corrected chi connectivity index (χ2v) is 18.1. The van der Waals surface area contributed by atoms with Crippen LogP contribution in [0.1, 0.15) is 206 Å². The molecule has 1 fully saturated rings. The number of unbranched alkanes of at least 4 members (excludes halogenated alkanes) is 24. The van der Waals surface area contributed by atoms with E-state index in [1.807, 2.05) is 0 Å². The molecule has 6 unspecified atom stereocenters. The van der Waals surface area contributed by atoms with E-state index in [1.165, 1.54) is 116 Å². The fourth-order valence-electron chi connectivity index (χ4n) is 7.46. The predicted octanol–water partition coefficient (Wildman–Crippen LogP) is 11.0. The lowest BCUT2D eigenvalue weighted by atomic mass is 9.99. The van der Waals surface area contributed by atoms with Gasteiger partial charge in [-0.1, -0.05) is 166 Å². The Hall–Kier alpha value is -1.68. The third-order valence-electron chi connectivity index (χ3n) is 11.2. The highest BCUT2D eigenvalue weighted by Crippen LogP contribution is 2.26. The van der Waals surface area contributed by atoms with Gasteiger partial charge in [-0.2, -0.15) is 8.42 Å². The summed E-state index contributed by atoms with van der Waals surface area (Å²) in [7, 11) is -5.06. The van der Waals surface area contributed by atoms with E-state index >= 15 is 0 Å². The van der Waals surface area contributed by atoms with Crippen molar-refractivity contribution in [1.82, 2.24) is 0 Å². The molecule has 13 heteroatoms. The Balaban J connectivity index is 2.38. The average Bonchev–Trinajstić information content (AvgIpc) is 3.24. The molecule has 1 saturated heterocycles. The molecule has 0 saturated carbocycles. The first-order valence-corrected chi connectivity index (χ1v) is 26.1. The van der Waals surface area contributed by atoms with Crippen LogP contribution in [-0.2, 0) is 38.3 Å². The minimum Gasteiger partial charge on any atom is -0.457 e. The van der Waals surface area contributed by atoms with Gasteiger partial charge in [-0.15, -0.1) is 0 Å². The minimum absolute atomic E-state index is 0.0316. The number of hydrogen-bond donors (Lipinski definition) is 4. The van der Waals surface area contributed by atoms with Crippen molar-refractivity contribution in [3.05, 3.63) is 36.5 Å². The van der Waals surface area contributed by atoms with Crippen molar-refractivity contribution in [1.29, 1.82) is 0 Å². The fraction of sp³-hybridized carbons (Fsp3) is 0.857. The lowest BCUT2D eigenvalue weighted by molar-refractivity contribution is -0.301. The number of allylic oxidation sites excluding steroid dienone is 6. The Kier molecular flexibility index (Phi) is 38.4. The Labute approximate surface area is 377 Å². The Bertz CT molecular complexity index is 1230. The maximum Gasteiger partial charge on any atom is 0.397 e. The van der Waals surface area contributed by atoms with Crippen LogP contribution in [0.25, 0.3) is 0 Å². The van der Waals surface area contributed by atoms with Crippen LogP contribution in [0.15, 0.2) is 36.5 Å². The molecular weight excluding hydrogens is 813 g/mol. The molecule has 1 aliphatic rings. The highest BCUT2D eigenvalue weighted by Gasteiger charge is 2.48. The largest absolute Gasteiger partial charge is 0.457 e. The van der Waals surface area contributed by atoms with Crippen LogP contribution in [0.3, 0.4) is 0 Å². The zero-order valence-corrected chi connectivity index (χ0v) is 39.7. The Morgan fingerprint density at radius 1 is 0.613 bits per heavy atom. The molecule has 1 rings (SSSR count). The summed E-state index contributed by atoms with van der Waals surface area (Å²) in [4.78, 5) is 12.9. The van der Waals surface area contributed by atoms with Crippen molar-refractivity contribution in [2.75, 3.05) is 26.4 Å². The number of hydrogen-bond acceptors (Lipinski definition) is 11. The van der Waals surface area contributed by atoms with Crippen molar-refractivity contribution in [3.63, 3.8) is 0 Å². The highest BCUT2D eigenvalue weighted by molar-refractivity contribution is 7.80. The quantitative estimate of drug-likeness (QED) is 0.0197. The molecule has 12 nitrogen and oxygen atoms in total. The molecule has 0 amide bonds. The third kappa shape index (κ3) is 33.8. The van der Waals surface area contributed by atoms with E-state index in [0.29, 0.717) is 13.0 Å². The van der Waals surface area contributed by atoms with Crippen LogP contribution in [0.2, 0.25) is 0 Å². The maximum atomic E-state index is 12.9. The summed E-state index contributed by atoms with van der Waals surface area (Å²) in [6.45, 7) is 3.96. The highest BCUT2D eigenvalue weighted by atomic mass is 32.3. The monoisotopic (exact) mass is 903 g/mol. The van der Waals surface area contributed by atoms with Crippen molar-refractivity contribution in [3.8, 4) is 0 Å². The average molecular weight is 903 g/mol. The van der Waals surface area contributed by atoms with Crippen molar-refractivity contribution in [2.45, 2.75) is 243 Å². The first kappa shape index (κ1) is 58.3. The van der Waals surface area contributed by atoms with Gasteiger partial charge in [0.05, 0.1) is 19.8 Å². The van der Waals surface area contributed by atoms with Gasteiger partial charge < -0.3 is 34.3 Å². The van der Waals surface area contributed by atoms with Gasteiger partial charge >= 0.3 is 16.4 Å². The van der Waals surface area contributed by atoms with Gasteiger partial charge in [0.25, 0.3) is 0 Å². The molecule has 0 spiro atoms. The van der Waals surface area contributed by atoms with Gasteiger partial charge in [-0.3, -0.25) is 9.35 Å². The molecule has 0 aliphatic carbocycles. The zero-order valence-electron chi connectivity index (χ0n) is 38.9. The van der Waals surface area contributed by atoms with Gasteiger partial charge in [0, 0.05) is 13.0 Å². The molecule has 0 aromatic rings. The maximum absolute atomic E-state index is 12.9. The molecule has 0 radical (unpaired) electrons. The summed E-state index contributed by atoms with van der Waals surface area (Å²) < 4.78 is 59.2. The van der Waals surface area contributed by atoms with Crippen LogP contribution in [0.5, 0.6) is 0 Å². The van der Waals surface area contributed by atoms with Crippen LogP contribution in [0.4, 0.5) is 0 Å². The van der Waals surface area contributed by atoms with Crippen LogP contribution < -0.4 is 0 Å². The van der Waals surface area contributed by atoms with E-state index in [-0.39, 0.29) is 19.6 Å². The second kappa shape index (κ2) is 40.8. The zero-order chi connectivity index (χ0) is 45.4. The summed E-state index contributed by atoms with van der Waals surface area (Å²) in [5, 5.41) is 30.7. The lowest BCUT2D eigenvalue weighted by Gasteiger charge is -2.41. The van der Waals surface area contributed by atoms with E-state index in [0.717, 1.165) is 64.2 Å². The standard InChI is InChI=1S/C49H90O12S/c1-3-5-7-9-11-13-15-17-19-20-21-22-23-25-27-29-31-33-35-37-39-57-41-43(42-58-49-47(53)48(61-62(54,55)56)46(52)44(40-50)60-49)59-45(51)38-36-34-32-30-28-26-24-18-16-14-12-10-8-6-4-2/h11,13,17-19,24,43-44,46-50,52-53H,3-10,12,14-16,20-23,25-42H2,1-2H3,(H,54,55,56)/b13-11-,19-17-,24-18-. The van der Waals surface area contributed by atoms with Crippen LogP contribution >= 0.6 is 0 Å². The number of aliphatic hydroxyl groups is 3. The van der Waals surface area contributed by atoms with Gasteiger partial charge in [0.1, 0.15) is 30.5 Å². The Morgan fingerprint density at radius 2 is 1.06 bits per heavy atom. The number of rotatable bonds is 43. The van der Waals surface area contributed by atoms with E-state index in [9.17, 15) is 33.1 Å². The molecule has 62 heavy (non-hydrogen) atoms. The lowest BCUT2D eigenvalue weighted by Crippen LogP contribution is -2.60. The van der Waals surface area contributed by atoms with Gasteiger partial charge in [0.15, 0.2) is 6.29 Å². The van der Waals surface area contributed by atoms with Crippen molar-refractivity contribution in [2.24, 2.45) is 0 Å². The predicted molar refractivity (Wildman–Crippen MR) is 248 cm³/mol. The molecule has 0 aromatic carbocycles. The van der Waals surface area contributed by atoms with E-state index < -0.39 is 59.8 Å². The van der Waals surface area contributed by atoms with Gasteiger partial charge in [-0.05, 0) is 70.6 Å². The summed E-state index contributed by atoms with van der Waals surface area (Å²) in [5.74, 6) is -0.408. The number of carbonyl (C=O) groups is 1. The molecule has 0 bridgehead atoms. The van der Waals surface area contributed by atoms with Gasteiger partial charge in [0.2, 0.25) is 0 Å². The smallest absolute Gasteiger partial charge is 0.397 e. The first-order chi connectivity index (χ1) is 30.1. The van der Waals surface area contributed by atoms with Crippen LogP contribution in [-0.4, -0.2) is 97.5 Å².